The first-order valence-corrected chi connectivity index (χ1v) is 18.0. The van der Waals surface area contributed by atoms with Gasteiger partial charge in [-0.15, -0.1) is 0 Å². The van der Waals surface area contributed by atoms with Gasteiger partial charge in [0.2, 0.25) is 11.6 Å². The number of Topliss-reactive ketones (excluding diaryl/α,β-unsaturated/α-hetero) is 3. The van der Waals surface area contributed by atoms with Crippen LogP contribution in [0.5, 0.6) is 11.5 Å². The Morgan fingerprint density at radius 3 is 2.26 bits per heavy atom. The summed E-state index contributed by atoms with van der Waals surface area (Å²) in [5.74, 6) is -7.88. The number of aromatic hydroxyl groups is 2. The Balaban J connectivity index is 1.27. The highest BCUT2D eigenvalue weighted by Gasteiger charge is 2.72. The minimum absolute atomic E-state index is 0.0137. The number of carbonyl (C=O) groups excluding carboxylic acids is 6. The molecule has 10 atom stereocenters. The summed E-state index contributed by atoms with van der Waals surface area (Å²) in [5, 5.41) is 58.4. The number of hydrogen-bond acceptors (Lipinski definition) is 17. The van der Waals surface area contributed by atoms with E-state index in [9.17, 15) is 54.3 Å². The second-order valence-corrected chi connectivity index (χ2v) is 14.7. The molecule has 1 fully saturated rings. The molecule has 5 aliphatic rings. The van der Waals surface area contributed by atoms with Gasteiger partial charge < -0.3 is 54.0 Å². The van der Waals surface area contributed by atoms with Crippen LogP contribution >= 0.6 is 0 Å². The number of ether oxygens (including phenoxy) is 6. The summed E-state index contributed by atoms with van der Waals surface area (Å²) >= 11 is 0. The Hall–Kier alpha value is -4.98. The predicted octanol–water partition coefficient (Wildman–Crippen LogP) is 0.876. The standard InChI is InChI=1S/C40H40O17/c1-14-9-17-12-24(43)40(54-6)37(49)28-20(36(48)39(40,51)29(17)32(46)26(14)38(50)53-5)13-19-27(31(28)45)22(42)10-18(30(19)44)11-23-35(52-4)33(47)34(16(3)55-23)57-25-8-7-21(41)15(2)56-25/h7-10,13,15-16,23-25,33-35,43,45-47,51H,11-12H2,1-6H3/t15?,16-,23?,24+,25?,33+,34-,35-,39?,40?/m0/s1. The van der Waals surface area contributed by atoms with Gasteiger partial charge in [-0.3, -0.25) is 24.0 Å². The van der Waals surface area contributed by atoms with Crippen LogP contribution in [0.2, 0.25) is 0 Å². The number of hydrogen-bond donors (Lipinski definition) is 5. The van der Waals surface area contributed by atoms with Gasteiger partial charge in [0.15, 0.2) is 34.8 Å². The highest BCUT2D eigenvalue weighted by atomic mass is 16.7. The van der Waals surface area contributed by atoms with Gasteiger partial charge in [-0.1, -0.05) is 6.07 Å². The van der Waals surface area contributed by atoms with E-state index in [0.29, 0.717) is 0 Å². The average molecular weight is 793 g/mol. The number of aryl methyl sites for hydroxylation is 1. The fourth-order valence-corrected chi connectivity index (χ4v) is 8.89. The van der Waals surface area contributed by atoms with Gasteiger partial charge >= 0.3 is 5.97 Å². The molecule has 0 spiro atoms. The lowest BCUT2D eigenvalue weighted by Crippen LogP contribution is -2.73. The van der Waals surface area contributed by atoms with E-state index in [1.165, 1.54) is 32.3 Å². The summed E-state index contributed by atoms with van der Waals surface area (Å²) in [6.45, 7) is 4.58. The lowest BCUT2D eigenvalue weighted by molar-refractivity contribution is -0.272. The molecular weight excluding hydrogens is 752 g/mol. The normalized spacial score (nSPS) is 33.3. The van der Waals surface area contributed by atoms with E-state index in [1.807, 2.05) is 0 Å². The number of phenolic OH excluding ortho intramolecular Hbond substituents is 2. The first-order chi connectivity index (χ1) is 26.9. The number of esters is 1. The fraction of sp³-hybridized carbons (Fsp3) is 0.450. The first-order valence-electron chi connectivity index (χ1n) is 18.0. The number of carbonyl (C=O) groups is 6. The van der Waals surface area contributed by atoms with Crippen LogP contribution in [0.1, 0.15) is 88.7 Å². The van der Waals surface area contributed by atoms with Crippen LogP contribution in [0.3, 0.4) is 0 Å². The van der Waals surface area contributed by atoms with Crippen molar-refractivity contribution in [1.29, 1.82) is 0 Å². The first kappa shape index (κ1) is 40.2. The van der Waals surface area contributed by atoms with Crippen molar-refractivity contribution < 1.29 is 82.7 Å². The molecule has 2 aliphatic heterocycles. The number of allylic oxidation sites excluding steroid dienone is 1. The zero-order valence-electron chi connectivity index (χ0n) is 31.6. The molecule has 0 amide bonds. The summed E-state index contributed by atoms with van der Waals surface area (Å²) in [4.78, 5) is 81.8. The lowest BCUT2D eigenvalue weighted by Gasteiger charge is -2.52. The summed E-state index contributed by atoms with van der Waals surface area (Å²) in [7, 11) is 3.24. The highest BCUT2D eigenvalue weighted by Crippen LogP contribution is 2.56. The molecular formula is C40H40O17. The van der Waals surface area contributed by atoms with Crippen LogP contribution in [0, 0.1) is 6.92 Å². The van der Waals surface area contributed by atoms with Gasteiger partial charge in [0, 0.05) is 49.3 Å². The molecule has 0 saturated carbocycles. The smallest absolute Gasteiger partial charge is 0.341 e. The van der Waals surface area contributed by atoms with Gasteiger partial charge in [0.1, 0.15) is 41.5 Å². The quantitative estimate of drug-likeness (QED) is 0.244. The number of ketones is 5. The highest BCUT2D eigenvalue weighted by molar-refractivity contribution is 6.31. The maximum Gasteiger partial charge on any atom is 0.341 e. The second kappa shape index (κ2) is 14.1. The maximum atomic E-state index is 14.7. The van der Waals surface area contributed by atoms with Crippen molar-refractivity contribution in [3.8, 4) is 11.5 Å². The van der Waals surface area contributed by atoms with Gasteiger partial charge in [-0.05, 0) is 56.2 Å². The Bertz CT molecular complexity index is 2220. The molecule has 5 unspecified atom stereocenters. The SMILES string of the molecule is COC(=O)c1c(C)cc2c(c1O)C1(O)C(=O)c3cc4c(c(O)c3C(=O)C1(OC)[C@H](O)C2)C(=O)C=C(CC1O[C@@H](C)[C@H](OC2C=CC(=O)C(C)O2)[C@@H](O)[C@H]1OC)C4=O. The van der Waals surface area contributed by atoms with Gasteiger partial charge in [0.05, 0.1) is 36.5 Å². The van der Waals surface area contributed by atoms with E-state index in [1.54, 1.807) is 13.8 Å². The van der Waals surface area contributed by atoms with E-state index in [0.717, 1.165) is 26.4 Å². The topological polar surface area (TPSA) is 259 Å². The molecule has 2 heterocycles. The molecule has 0 aromatic heterocycles. The summed E-state index contributed by atoms with van der Waals surface area (Å²) < 4.78 is 33.5. The van der Waals surface area contributed by atoms with Crippen molar-refractivity contribution in [1.82, 2.24) is 0 Å². The van der Waals surface area contributed by atoms with Gasteiger partial charge in [0.25, 0.3) is 0 Å². The van der Waals surface area contributed by atoms with Crippen LogP contribution in [-0.2, 0) is 45.2 Å². The molecule has 5 N–H and O–H groups in total. The minimum Gasteiger partial charge on any atom is -0.507 e. The third kappa shape index (κ3) is 5.60. The van der Waals surface area contributed by atoms with Crippen molar-refractivity contribution in [3.05, 3.63) is 80.4 Å². The van der Waals surface area contributed by atoms with E-state index in [4.69, 9.17) is 28.4 Å². The number of methoxy groups -OCH3 is 3. The number of aliphatic hydroxyl groups excluding tert-OH is 2. The maximum absolute atomic E-state index is 14.7. The third-order valence-electron chi connectivity index (χ3n) is 11.6. The second-order valence-electron chi connectivity index (χ2n) is 14.7. The molecule has 0 bridgehead atoms. The van der Waals surface area contributed by atoms with Crippen molar-refractivity contribution in [3.63, 3.8) is 0 Å². The molecule has 17 nitrogen and oxygen atoms in total. The zero-order valence-corrected chi connectivity index (χ0v) is 31.6. The lowest BCUT2D eigenvalue weighted by atomic mass is 9.56. The molecule has 2 aromatic rings. The molecule has 3 aliphatic carbocycles. The zero-order chi connectivity index (χ0) is 41.6. The third-order valence-corrected chi connectivity index (χ3v) is 11.6. The number of aliphatic hydroxyl groups is 3. The van der Waals surface area contributed by atoms with Crippen molar-refractivity contribution in [2.45, 2.75) is 93.8 Å². The van der Waals surface area contributed by atoms with Crippen LogP contribution in [0.25, 0.3) is 0 Å². The Kier molecular flexibility index (Phi) is 9.98. The van der Waals surface area contributed by atoms with Gasteiger partial charge in [-0.2, -0.15) is 0 Å². The molecule has 0 radical (unpaired) electrons. The number of fused-ring (bicyclic) bond motifs is 5. The Morgan fingerprint density at radius 1 is 0.930 bits per heavy atom. The van der Waals surface area contributed by atoms with Crippen LogP contribution in [0.4, 0.5) is 0 Å². The van der Waals surface area contributed by atoms with Crippen molar-refractivity contribution in [2.75, 3.05) is 21.3 Å². The summed E-state index contributed by atoms with van der Waals surface area (Å²) in [6.07, 6.45) is -6.31. The molecule has 7 rings (SSSR count). The molecule has 2 aromatic carbocycles. The average Bonchev–Trinajstić information content (AvgIpc) is 3.15. The molecule has 302 valence electrons. The summed E-state index contributed by atoms with van der Waals surface area (Å²) in [6, 6.07) is 2.19. The number of phenols is 2. The largest absolute Gasteiger partial charge is 0.507 e. The minimum atomic E-state index is -3.25. The Morgan fingerprint density at radius 2 is 1.63 bits per heavy atom. The van der Waals surface area contributed by atoms with E-state index in [-0.39, 0.29) is 28.9 Å². The Labute approximate surface area is 324 Å². The van der Waals surface area contributed by atoms with E-state index >= 15 is 0 Å². The monoisotopic (exact) mass is 792 g/mol. The summed E-state index contributed by atoms with van der Waals surface area (Å²) in [5.41, 5.74) is -9.99. The predicted molar refractivity (Wildman–Crippen MR) is 190 cm³/mol. The van der Waals surface area contributed by atoms with Crippen LogP contribution in [0.15, 0.2) is 35.9 Å². The number of benzene rings is 2. The molecule has 57 heavy (non-hydrogen) atoms. The van der Waals surface area contributed by atoms with Crippen LogP contribution in [-0.4, -0.2) is 136 Å². The van der Waals surface area contributed by atoms with E-state index in [2.05, 4.69) is 0 Å². The van der Waals surface area contributed by atoms with Gasteiger partial charge in [-0.25, -0.2) is 4.79 Å². The van der Waals surface area contributed by atoms with Crippen molar-refractivity contribution in [2.24, 2.45) is 0 Å². The van der Waals surface area contributed by atoms with E-state index < -0.39 is 141 Å². The molecule has 17 heteroatoms. The molecule has 1 saturated heterocycles. The fourth-order valence-electron chi connectivity index (χ4n) is 8.89. The van der Waals surface area contributed by atoms with Crippen molar-refractivity contribution >= 4 is 34.9 Å². The van der Waals surface area contributed by atoms with Crippen LogP contribution < -0.4 is 0 Å². The number of rotatable bonds is 7.